The first-order chi connectivity index (χ1) is 8.15. The Labute approximate surface area is 104 Å². The summed E-state index contributed by atoms with van der Waals surface area (Å²) >= 11 is 1.78. The first kappa shape index (κ1) is 13.3. The third-order valence-electron chi connectivity index (χ3n) is 1.91. The number of carboxylic acid groups (broad SMARTS) is 1. The van der Waals surface area contributed by atoms with Gasteiger partial charge in [0.1, 0.15) is 0 Å². The zero-order valence-electron chi connectivity index (χ0n) is 9.75. The van der Waals surface area contributed by atoms with E-state index in [1.165, 1.54) is 10.4 Å². The lowest BCUT2D eigenvalue weighted by molar-refractivity contribution is -0.134. The molecule has 2 heterocycles. The summed E-state index contributed by atoms with van der Waals surface area (Å²) in [5.74, 6) is -0.833. The summed E-state index contributed by atoms with van der Waals surface area (Å²) in [4.78, 5) is 18.7. The highest BCUT2D eigenvalue weighted by Crippen LogP contribution is 2.26. The maximum Gasteiger partial charge on any atom is 0.300 e. The van der Waals surface area contributed by atoms with E-state index in [-0.39, 0.29) is 0 Å². The van der Waals surface area contributed by atoms with Crippen LogP contribution in [0.3, 0.4) is 0 Å². The highest BCUT2D eigenvalue weighted by atomic mass is 32.1. The third kappa shape index (κ3) is 4.32. The molecule has 0 aromatic carbocycles. The van der Waals surface area contributed by atoms with E-state index in [0.29, 0.717) is 0 Å². The summed E-state index contributed by atoms with van der Waals surface area (Å²) in [6.07, 6.45) is 6.29. The number of aromatic nitrogens is 2. The number of hydrogen-bond acceptors (Lipinski definition) is 4. The van der Waals surface area contributed by atoms with Crippen LogP contribution in [0.2, 0.25) is 0 Å². The molecule has 17 heavy (non-hydrogen) atoms. The van der Waals surface area contributed by atoms with Crippen LogP contribution in [0.25, 0.3) is 11.3 Å². The minimum absolute atomic E-state index is 0.833. The Bertz CT molecular complexity index is 464. The van der Waals surface area contributed by atoms with Gasteiger partial charge in [0.2, 0.25) is 0 Å². The van der Waals surface area contributed by atoms with Crippen LogP contribution in [-0.4, -0.2) is 21.0 Å². The smallest absolute Gasteiger partial charge is 0.300 e. The molecule has 1 N–H and O–H groups in total. The second kappa shape index (κ2) is 6.75. The van der Waals surface area contributed by atoms with Crippen LogP contribution >= 0.6 is 11.3 Å². The van der Waals surface area contributed by atoms with Crippen LogP contribution < -0.4 is 0 Å². The molecule has 0 unspecified atom stereocenters. The van der Waals surface area contributed by atoms with Crippen molar-refractivity contribution in [1.82, 2.24) is 9.97 Å². The number of aliphatic carboxylic acids is 1. The fourth-order valence-electron chi connectivity index (χ4n) is 1.28. The molecule has 0 atom stereocenters. The Morgan fingerprint density at radius 1 is 1.47 bits per heavy atom. The molecule has 0 bridgehead atoms. The Morgan fingerprint density at radius 2 is 2.18 bits per heavy atom. The minimum atomic E-state index is -0.833. The second-order valence-corrected chi connectivity index (χ2v) is 4.22. The van der Waals surface area contributed by atoms with Crippen LogP contribution in [0.4, 0.5) is 0 Å². The second-order valence-electron chi connectivity index (χ2n) is 3.22. The molecular formula is C12H14N2O2S. The molecule has 0 fully saturated rings. The molecule has 2 aromatic heterocycles. The van der Waals surface area contributed by atoms with E-state index >= 15 is 0 Å². The summed E-state index contributed by atoms with van der Waals surface area (Å²) in [5, 5.41) is 9.52. The van der Waals surface area contributed by atoms with E-state index in [1.54, 1.807) is 29.9 Å². The molecule has 2 rings (SSSR count). The van der Waals surface area contributed by atoms with Crippen LogP contribution in [0.15, 0.2) is 30.0 Å². The van der Waals surface area contributed by atoms with Gasteiger partial charge in [0.05, 0.1) is 11.9 Å². The van der Waals surface area contributed by atoms with Gasteiger partial charge in [0, 0.05) is 29.8 Å². The van der Waals surface area contributed by atoms with Crippen molar-refractivity contribution in [2.75, 3.05) is 0 Å². The molecule has 0 amide bonds. The zero-order chi connectivity index (χ0) is 12.7. The maximum absolute atomic E-state index is 9.00. The summed E-state index contributed by atoms with van der Waals surface area (Å²) in [7, 11) is 0. The largest absolute Gasteiger partial charge is 0.481 e. The molecular weight excluding hydrogens is 236 g/mol. The van der Waals surface area contributed by atoms with Crippen molar-refractivity contribution < 1.29 is 9.90 Å². The first-order valence-electron chi connectivity index (χ1n) is 5.17. The lowest BCUT2D eigenvalue weighted by atomic mass is 10.2. The van der Waals surface area contributed by atoms with Gasteiger partial charge in [0.15, 0.2) is 0 Å². The predicted molar refractivity (Wildman–Crippen MR) is 68.0 cm³/mol. The van der Waals surface area contributed by atoms with Gasteiger partial charge in [-0.05, 0) is 17.9 Å². The summed E-state index contributed by atoms with van der Waals surface area (Å²) < 4.78 is 0. The SMILES string of the molecule is CC(=O)O.CCc1sccc1-c1cnccn1. The van der Waals surface area contributed by atoms with E-state index in [9.17, 15) is 0 Å². The lowest BCUT2D eigenvalue weighted by Crippen LogP contribution is -1.85. The number of nitrogens with zero attached hydrogens (tertiary/aromatic N) is 2. The molecule has 0 radical (unpaired) electrons. The molecule has 90 valence electrons. The van der Waals surface area contributed by atoms with Crippen molar-refractivity contribution in [3.8, 4) is 11.3 Å². The van der Waals surface area contributed by atoms with Crippen LogP contribution in [0.5, 0.6) is 0 Å². The van der Waals surface area contributed by atoms with E-state index in [0.717, 1.165) is 19.0 Å². The Kier molecular flexibility index (Phi) is 5.29. The van der Waals surface area contributed by atoms with Crippen LogP contribution in [0, 0.1) is 0 Å². The van der Waals surface area contributed by atoms with Crippen molar-refractivity contribution in [2.24, 2.45) is 0 Å². The average Bonchev–Trinajstić information content (AvgIpc) is 2.77. The van der Waals surface area contributed by atoms with Gasteiger partial charge in [0.25, 0.3) is 5.97 Å². The van der Waals surface area contributed by atoms with Crippen LogP contribution in [0.1, 0.15) is 18.7 Å². The standard InChI is InChI=1S/C10H10N2S.C2H4O2/c1-2-10-8(3-6-13-10)9-7-11-4-5-12-9;1-2(3)4/h3-7H,2H2,1H3;1H3,(H,3,4). The first-order valence-corrected chi connectivity index (χ1v) is 6.05. The molecule has 5 heteroatoms. The van der Waals surface area contributed by atoms with E-state index in [4.69, 9.17) is 9.90 Å². The highest BCUT2D eigenvalue weighted by Gasteiger charge is 2.05. The molecule has 0 aliphatic rings. The fraction of sp³-hybridized carbons (Fsp3) is 0.250. The monoisotopic (exact) mass is 250 g/mol. The summed E-state index contributed by atoms with van der Waals surface area (Å²) in [6.45, 7) is 3.24. The lowest BCUT2D eigenvalue weighted by Gasteiger charge is -1.98. The topological polar surface area (TPSA) is 63.1 Å². The molecule has 0 aliphatic heterocycles. The fourth-order valence-corrected chi connectivity index (χ4v) is 2.12. The molecule has 0 aliphatic carbocycles. The van der Waals surface area contributed by atoms with Crippen LogP contribution in [-0.2, 0) is 11.2 Å². The highest BCUT2D eigenvalue weighted by molar-refractivity contribution is 7.10. The molecule has 0 saturated heterocycles. The van der Waals surface area contributed by atoms with Crippen molar-refractivity contribution in [1.29, 1.82) is 0 Å². The van der Waals surface area contributed by atoms with Crippen molar-refractivity contribution in [2.45, 2.75) is 20.3 Å². The van der Waals surface area contributed by atoms with Gasteiger partial charge in [-0.15, -0.1) is 11.3 Å². The molecule has 2 aromatic rings. The Morgan fingerprint density at radius 3 is 2.71 bits per heavy atom. The van der Waals surface area contributed by atoms with E-state index in [2.05, 4.69) is 28.3 Å². The Balaban J connectivity index is 0.000000317. The number of hydrogen-bond donors (Lipinski definition) is 1. The van der Waals surface area contributed by atoms with E-state index in [1.807, 2.05) is 0 Å². The van der Waals surface area contributed by atoms with Gasteiger partial charge in [-0.3, -0.25) is 14.8 Å². The average molecular weight is 250 g/mol. The third-order valence-corrected chi connectivity index (χ3v) is 2.97. The zero-order valence-corrected chi connectivity index (χ0v) is 10.6. The number of thiophene rings is 1. The number of carboxylic acids is 1. The molecule has 0 saturated carbocycles. The van der Waals surface area contributed by atoms with Gasteiger partial charge in [-0.2, -0.15) is 0 Å². The van der Waals surface area contributed by atoms with Crippen molar-refractivity contribution in [3.05, 3.63) is 34.9 Å². The van der Waals surface area contributed by atoms with Crippen molar-refractivity contribution >= 4 is 17.3 Å². The molecule has 4 nitrogen and oxygen atoms in total. The maximum atomic E-state index is 9.00. The van der Waals surface area contributed by atoms with Gasteiger partial charge in [-0.1, -0.05) is 6.92 Å². The quantitative estimate of drug-likeness (QED) is 0.890. The predicted octanol–water partition coefficient (Wildman–Crippen LogP) is 2.86. The number of aryl methyl sites for hydroxylation is 1. The number of carbonyl (C=O) groups is 1. The Hall–Kier alpha value is -1.75. The minimum Gasteiger partial charge on any atom is -0.481 e. The van der Waals surface area contributed by atoms with Crippen molar-refractivity contribution in [3.63, 3.8) is 0 Å². The van der Waals surface area contributed by atoms with Gasteiger partial charge < -0.3 is 5.11 Å². The van der Waals surface area contributed by atoms with Gasteiger partial charge >= 0.3 is 0 Å². The van der Waals surface area contributed by atoms with E-state index < -0.39 is 5.97 Å². The summed E-state index contributed by atoms with van der Waals surface area (Å²) in [5.41, 5.74) is 2.20. The summed E-state index contributed by atoms with van der Waals surface area (Å²) in [6, 6.07) is 2.10. The van der Waals surface area contributed by atoms with Gasteiger partial charge in [-0.25, -0.2) is 0 Å². The normalized spacial score (nSPS) is 9.29. The molecule has 0 spiro atoms. The number of rotatable bonds is 2.